The van der Waals surface area contributed by atoms with E-state index in [9.17, 15) is 33.2 Å². The number of halogens is 1. The number of fused-ring (bicyclic) bond motifs is 2. The third kappa shape index (κ3) is 6.99. The Morgan fingerprint density at radius 2 is 1.71 bits per heavy atom. The van der Waals surface area contributed by atoms with E-state index in [4.69, 9.17) is 4.42 Å². The van der Waals surface area contributed by atoms with Gasteiger partial charge in [-0.3, -0.25) is 34.2 Å². The van der Waals surface area contributed by atoms with Crippen molar-refractivity contribution in [3.05, 3.63) is 82.1 Å². The van der Waals surface area contributed by atoms with Gasteiger partial charge in [0.2, 0.25) is 23.7 Å². The fourth-order valence-corrected chi connectivity index (χ4v) is 8.07. The number of amides is 5. The SMILES string of the molecule is CN(C(=O)CC1CCN(c2cccc3c2C(=O)N(C2CCC(=O)NC2=O)C3=O)CC1)C1CCN(c2ncc(F)c(Nc3ccc4oc(=O)ccc4c3)n2)CC1. The number of imide groups is 2. The van der Waals surface area contributed by atoms with Gasteiger partial charge in [0, 0.05) is 69.3 Å². The molecule has 3 fully saturated rings. The molecule has 284 valence electrons. The van der Waals surface area contributed by atoms with Crippen molar-refractivity contribution >= 4 is 63.6 Å². The highest BCUT2D eigenvalue weighted by molar-refractivity contribution is 6.25. The van der Waals surface area contributed by atoms with Crippen molar-refractivity contribution in [3.63, 3.8) is 0 Å². The smallest absolute Gasteiger partial charge is 0.336 e. The van der Waals surface area contributed by atoms with Crippen LogP contribution in [0.25, 0.3) is 11.0 Å². The summed E-state index contributed by atoms with van der Waals surface area (Å²) in [6, 6.07) is 12.1. The number of hydrogen-bond donors (Lipinski definition) is 2. The Kier molecular flexibility index (Phi) is 9.49. The van der Waals surface area contributed by atoms with Crippen molar-refractivity contribution in [3.8, 4) is 0 Å². The minimum absolute atomic E-state index is 0.0214. The van der Waals surface area contributed by atoms with Gasteiger partial charge in [-0.1, -0.05) is 6.07 Å². The van der Waals surface area contributed by atoms with Crippen LogP contribution in [0.1, 0.15) is 65.7 Å². The molecule has 0 bridgehead atoms. The zero-order valence-electron chi connectivity index (χ0n) is 30.1. The summed E-state index contributed by atoms with van der Waals surface area (Å²) in [4.78, 5) is 91.7. The quantitative estimate of drug-likeness (QED) is 0.198. The van der Waals surface area contributed by atoms with Gasteiger partial charge >= 0.3 is 5.63 Å². The first kappa shape index (κ1) is 35.8. The maximum Gasteiger partial charge on any atom is 0.336 e. The van der Waals surface area contributed by atoms with E-state index >= 15 is 0 Å². The van der Waals surface area contributed by atoms with E-state index < -0.39 is 41.1 Å². The number of carbonyl (C=O) groups excluding carboxylic acids is 5. The summed E-state index contributed by atoms with van der Waals surface area (Å²) in [5, 5.41) is 5.91. The predicted octanol–water partition coefficient (Wildman–Crippen LogP) is 3.60. The van der Waals surface area contributed by atoms with Crippen LogP contribution in [-0.2, 0) is 14.4 Å². The predicted molar refractivity (Wildman–Crippen MR) is 198 cm³/mol. The number of rotatable bonds is 8. The van der Waals surface area contributed by atoms with Gasteiger partial charge in [-0.15, -0.1) is 0 Å². The number of anilines is 4. The van der Waals surface area contributed by atoms with Crippen LogP contribution >= 0.6 is 0 Å². The summed E-state index contributed by atoms with van der Waals surface area (Å²) in [5.41, 5.74) is 1.71. The van der Waals surface area contributed by atoms with Gasteiger partial charge in [0.1, 0.15) is 11.6 Å². The van der Waals surface area contributed by atoms with Crippen LogP contribution in [0.5, 0.6) is 0 Å². The lowest BCUT2D eigenvalue weighted by molar-refractivity contribution is -0.136. The standard InChI is InChI=1S/C39H39FN8O7/c1-45(25-13-17-47(18-14-25)39-41-21-27(40)35(44-39)42-24-6-8-30-23(20-24)5-10-33(51)55-30)32(50)19-22-11-15-46(16-12-22)28-4-2-3-26-34(28)38(54)48(37(26)53)29-7-9-31(49)43-36(29)52/h2-6,8,10,20-22,25,29H,7,9,11-19H2,1H3,(H,41,42,44)(H,43,49,52). The Bertz CT molecular complexity index is 2280. The average Bonchev–Trinajstić information content (AvgIpc) is 3.44. The molecule has 6 heterocycles. The summed E-state index contributed by atoms with van der Waals surface area (Å²) in [7, 11) is 1.84. The first-order chi connectivity index (χ1) is 26.5. The number of benzene rings is 2. The van der Waals surface area contributed by atoms with E-state index in [2.05, 4.69) is 25.5 Å². The maximum absolute atomic E-state index is 14.8. The molecule has 15 nitrogen and oxygen atoms in total. The van der Waals surface area contributed by atoms with Crippen molar-refractivity contribution in [1.82, 2.24) is 25.1 Å². The second-order valence-electron chi connectivity index (χ2n) is 14.5. The molecular formula is C39H39FN8O7. The summed E-state index contributed by atoms with van der Waals surface area (Å²) in [6.07, 6.45) is 4.54. The second kappa shape index (κ2) is 14.6. The number of nitrogens with one attached hydrogen (secondary N) is 2. The largest absolute Gasteiger partial charge is 0.423 e. The third-order valence-corrected chi connectivity index (χ3v) is 11.2. The molecule has 0 saturated carbocycles. The molecule has 3 saturated heterocycles. The fraction of sp³-hybridized carbons (Fsp3) is 0.385. The van der Waals surface area contributed by atoms with Gasteiger partial charge in [-0.2, -0.15) is 4.98 Å². The molecule has 4 aromatic rings. The third-order valence-electron chi connectivity index (χ3n) is 11.2. The highest BCUT2D eigenvalue weighted by Crippen LogP contribution is 2.36. The number of nitrogens with zero attached hydrogens (tertiary/aromatic N) is 6. The summed E-state index contributed by atoms with van der Waals surface area (Å²) in [5.74, 6) is -2.11. The van der Waals surface area contributed by atoms with Crippen LogP contribution < -0.4 is 26.1 Å². The number of hydrogen-bond acceptors (Lipinski definition) is 12. The van der Waals surface area contributed by atoms with Crippen molar-refractivity contribution in [2.75, 3.05) is 48.3 Å². The van der Waals surface area contributed by atoms with Gasteiger partial charge in [-0.25, -0.2) is 14.2 Å². The monoisotopic (exact) mass is 750 g/mol. The molecular weight excluding hydrogens is 711 g/mol. The van der Waals surface area contributed by atoms with Crippen molar-refractivity contribution in [2.24, 2.45) is 5.92 Å². The van der Waals surface area contributed by atoms with Gasteiger partial charge < -0.3 is 24.4 Å². The van der Waals surface area contributed by atoms with E-state index in [1.54, 1.807) is 36.4 Å². The molecule has 1 unspecified atom stereocenters. The number of piperidine rings is 3. The molecule has 2 aromatic heterocycles. The highest BCUT2D eigenvalue weighted by atomic mass is 19.1. The zero-order valence-corrected chi connectivity index (χ0v) is 30.1. The second-order valence-corrected chi connectivity index (χ2v) is 14.5. The molecule has 5 amide bonds. The highest BCUT2D eigenvalue weighted by Gasteiger charge is 2.46. The Hall–Kier alpha value is -6.19. The Morgan fingerprint density at radius 1 is 0.945 bits per heavy atom. The van der Waals surface area contributed by atoms with E-state index in [0.29, 0.717) is 73.7 Å². The Morgan fingerprint density at radius 3 is 2.47 bits per heavy atom. The molecule has 4 aliphatic rings. The lowest BCUT2D eigenvalue weighted by Gasteiger charge is -2.38. The summed E-state index contributed by atoms with van der Waals surface area (Å²) < 4.78 is 19.9. The lowest BCUT2D eigenvalue weighted by atomic mass is 9.91. The Balaban J connectivity index is 0.838. The van der Waals surface area contributed by atoms with Crippen molar-refractivity contribution in [1.29, 1.82) is 0 Å². The molecule has 0 radical (unpaired) electrons. The van der Waals surface area contributed by atoms with E-state index in [1.807, 2.05) is 22.9 Å². The van der Waals surface area contributed by atoms with Gasteiger partial charge in [-0.05, 0) is 74.4 Å². The summed E-state index contributed by atoms with van der Waals surface area (Å²) in [6.45, 7) is 2.38. The van der Waals surface area contributed by atoms with Gasteiger partial charge in [0.25, 0.3) is 11.8 Å². The van der Waals surface area contributed by atoms with Crippen LogP contribution in [0, 0.1) is 11.7 Å². The minimum atomic E-state index is -1.03. The molecule has 0 aliphatic carbocycles. The van der Waals surface area contributed by atoms with Crippen LogP contribution in [0.15, 0.2) is 63.9 Å². The van der Waals surface area contributed by atoms with Gasteiger partial charge in [0.05, 0.1) is 23.0 Å². The van der Waals surface area contributed by atoms with E-state index in [-0.39, 0.29) is 47.7 Å². The minimum Gasteiger partial charge on any atom is -0.423 e. The molecule has 2 aromatic carbocycles. The van der Waals surface area contributed by atoms with Gasteiger partial charge in [0.15, 0.2) is 11.6 Å². The number of aromatic nitrogens is 2. The maximum atomic E-state index is 14.8. The van der Waals surface area contributed by atoms with E-state index in [1.165, 1.54) is 6.07 Å². The average molecular weight is 751 g/mol. The molecule has 55 heavy (non-hydrogen) atoms. The van der Waals surface area contributed by atoms with Crippen LogP contribution in [0.3, 0.4) is 0 Å². The topological polar surface area (TPSA) is 178 Å². The molecule has 16 heteroatoms. The zero-order chi connectivity index (χ0) is 38.4. The van der Waals surface area contributed by atoms with Crippen molar-refractivity contribution < 1.29 is 32.8 Å². The van der Waals surface area contributed by atoms with Crippen LogP contribution in [0.2, 0.25) is 0 Å². The molecule has 0 spiro atoms. The van der Waals surface area contributed by atoms with Crippen molar-refractivity contribution in [2.45, 2.75) is 57.0 Å². The first-order valence-corrected chi connectivity index (χ1v) is 18.5. The molecule has 8 rings (SSSR count). The van der Waals surface area contributed by atoms with Crippen LogP contribution in [0.4, 0.5) is 27.5 Å². The lowest BCUT2D eigenvalue weighted by Crippen LogP contribution is -2.54. The molecule has 1 atom stereocenters. The normalized spacial score (nSPS) is 19.5. The number of carbonyl (C=O) groups is 5. The molecule has 2 N–H and O–H groups in total. The summed E-state index contributed by atoms with van der Waals surface area (Å²) >= 11 is 0. The van der Waals surface area contributed by atoms with Crippen LogP contribution in [-0.4, -0.2) is 94.6 Å². The molecule has 4 aliphatic heterocycles. The fourth-order valence-electron chi connectivity index (χ4n) is 8.07. The van der Waals surface area contributed by atoms with E-state index in [0.717, 1.165) is 23.9 Å². The Labute approximate surface area is 314 Å². The first-order valence-electron chi connectivity index (χ1n) is 18.5.